The van der Waals surface area contributed by atoms with Crippen LogP contribution in [0.1, 0.15) is 29.8 Å². The Morgan fingerprint density at radius 2 is 1.61 bits per heavy atom. The topological polar surface area (TPSA) is 74.8 Å². The number of fused-ring (bicyclic) bond motifs is 1. The summed E-state index contributed by atoms with van der Waals surface area (Å²) in [6.45, 7) is 3.50. The molecule has 1 aliphatic heterocycles. The van der Waals surface area contributed by atoms with E-state index in [1.54, 1.807) is 36.1 Å². The molecular weight excluding hydrogens is 460 g/mol. The highest BCUT2D eigenvalue weighted by Gasteiger charge is 2.37. The van der Waals surface area contributed by atoms with Crippen molar-refractivity contribution in [1.29, 1.82) is 0 Å². The highest BCUT2D eigenvalue weighted by atomic mass is 35.5. The fraction of sp³-hybridized carbons (Fsp3) is 0.200. The molecule has 170 valence electrons. The number of amides is 1. The maximum atomic E-state index is 13.7. The first kappa shape index (κ1) is 23.0. The fourth-order valence-electron chi connectivity index (χ4n) is 4.03. The van der Waals surface area contributed by atoms with Gasteiger partial charge in [-0.05, 0) is 80.4 Å². The maximum Gasteiger partial charge on any atom is 0.265 e. The smallest absolute Gasteiger partial charge is 0.265 e. The molecule has 1 amide bonds. The summed E-state index contributed by atoms with van der Waals surface area (Å²) in [7, 11) is -4.11. The highest BCUT2D eigenvalue weighted by molar-refractivity contribution is 7.93. The molecule has 0 N–H and O–H groups in total. The van der Waals surface area contributed by atoms with E-state index in [0.717, 1.165) is 15.6 Å². The van der Waals surface area contributed by atoms with Crippen molar-refractivity contribution in [2.75, 3.05) is 15.7 Å². The summed E-state index contributed by atoms with van der Waals surface area (Å²) < 4.78 is 28.5. The Morgan fingerprint density at radius 3 is 2.24 bits per heavy atom. The Kier molecular flexibility index (Phi) is 6.28. The summed E-state index contributed by atoms with van der Waals surface area (Å²) in [6.07, 6.45) is 0.714. The van der Waals surface area contributed by atoms with Gasteiger partial charge in [0.1, 0.15) is 6.04 Å². The molecule has 0 bridgehead atoms. The van der Waals surface area contributed by atoms with Crippen LogP contribution in [0.2, 0.25) is 5.02 Å². The van der Waals surface area contributed by atoms with Crippen LogP contribution < -0.4 is 9.21 Å². The third-order valence-corrected chi connectivity index (χ3v) is 7.93. The zero-order valence-corrected chi connectivity index (χ0v) is 19.8. The van der Waals surface area contributed by atoms with E-state index in [-0.39, 0.29) is 16.6 Å². The van der Waals surface area contributed by atoms with Gasteiger partial charge in [0.15, 0.2) is 5.78 Å². The van der Waals surface area contributed by atoms with E-state index in [1.807, 2.05) is 24.3 Å². The number of anilines is 2. The molecule has 1 atom stereocenters. The Balaban J connectivity index is 1.77. The minimum absolute atomic E-state index is 0.0176. The average Bonchev–Trinajstić information content (AvgIpc) is 3.23. The number of hydrogen-bond donors (Lipinski definition) is 0. The van der Waals surface area contributed by atoms with Gasteiger partial charge < -0.3 is 4.90 Å². The van der Waals surface area contributed by atoms with Crippen molar-refractivity contribution in [3.63, 3.8) is 0 Å². The normalized spacial score (nSPS) is 14.0. The molecule has 4 rings (SSSR count). The van der Waals surface area contributed by atoms with Gasteiger partial charge in [-0.15, -0.1) is 0 Å². The Morgan fingerprint density at radius 1 is 0.970 bits per heavy atom. The number of para-hydroxylation sites is 1. The predicted octanol–water partition coefficient (Wildman–Crippen LogP) is 4.72. The van der Waals surface area contributed by atoms with Crippen LogP contribution in [0.4, 0.5) is 11.4 Å². The quantitative estimate of drug-likeness (QED) is 0.476. The van der Waals surface area contributed by atoms with Crippen molar-refractivity contribution in [2.45, 2.75) is 31.2 Å². The number of carbonyl (C=O) groups excluding carboxylic acids is 2. The van der Waals surface area contributed by atoms with Crippen LogP contribution in [-0.2, 0) is 21.2 Å². The first-order chi connectivity index (χ1) is 15.7. The summed E-state index contributed by atoms with van der Waals surface area (Å²) in [6, 6.07) is 18.6. The second kappa shape index (κ2) is 9.00. The van der Waals surface area contributed by atoms with Crippen molar-refractivity contribution >= 4 is 44.7 Å². The fourth-order valence-corrected chi connectivity index (χ4v) is 5.77. The molecule has 0 fully saturated rings. The molecule has 0 radical (unpaired) electrons. The molecule has 8 heteroatoms. The Hall–Kier alpha value is -3.16. The zero-order chi connectivity index (χ0) is 23.8. The lowest BCUT2D eigenvalue weighted by molar-refractivity contribution is -0.119. The van der Waals surface area contributed by atoms with Gasteiger partial charge >= 0.3 is 0 Å². The van der Waals surface area contributed by atoms with Crippen molar-refractivity contribution in [1.82, 2.24) is 0 Å². The summed E-state index contributed by atoms with van der Waals surface area (Å²) in [5, 5.41) is 0.407. The Bertz CT molecular complexity index is 1300. The van der Waals surface area contributed by atoms with Gasteiger partial charge in [-0.25, -0.2) is 8.42 Å². The van der Waals surface area contributed by atoms with Gasteiger partial charge in [0.2, 0.25) is 0 Å². The number of rotatable bonds is 6. The van der Waals surface area contributed by atoms with Crippen molar-refractivity contribution in [2.24, 2.45) is 0 Å². The first-order valence-corrected chi connectivity index (χ1v) is 12.3. The second-order valence-corrected chi connectivity index (χ2v) is 10.2. The number of Topliss-reactive ketones (excluding diaryl/α,β-unsaturated/α-hetero) is 1. The van der Waals surface area contributed by atoms with Gasteiger partial charge in [0, 0.05) is 22.8 Å². The van der Waals surface area contributed by atoms with E-state index in [0.29, 0.717) is 29.2 Å². The number of ketones is 1. The molecule has 0 aromatic heterocycles. The molecule has 33 heavy (non-hydrogen) atoms. The number of nitrogens with zero attached hydrogens (tertiary/aromatic N) is 2. The molecule has 0 unspecified atom stereocenters. The van der Waals surface area contributed by atoms with Gasteiger partial charge in [-0.1, -0.05) is 29.8 Å². The van der Waals surface area contributed by atoms with Crippen LogP contribution in [-0.4, -0.2) is 32.7 Å². The van der Waals surface area contributed by atoms with Crippen LogP contribution in [0, 0.1) is 0 Å². The van der Waals surface area contributed by atoms with E-state index in [2.05, 4.69) is 0 Å². The third kappa shape index (κ3) is 4.38. The van der Waals surface area contributed by atoms with E-state index in [1.165, 1.54) is 31.2 Å². The molecule has 3 aromatic rings. The van der Waals surface area contributed by atoms with E-state index in [9.17, 15) is 18.0 Å². The monoisotopic (exact) mass is 482 g/mol. The van der Waals surface area contributed by atoms with Crippen LogP contribution in [0.3, 0.4) is 0 Å². The number of sulfonamides is 1. The molecule has 0 saturated carbocycles. The van der Waals surface area contributed by atoms with Gasteiger partial charge in [-0.3, -0.25) is 13.9 Å². The van der Waals surface area contributed by atoms with E-state index < -0.39 is 16.1 Å². The maximum absolute atomic E-state index is 13.7. The van der Waals surface area contributed by atoms with Gasteiger partial charge in [-0.2, -0.15) is 0 Å². The lowest BCUT2D eigenvalue weighted by Crippen LogP contribution is -2.49. The summed E-state index contributed by atoms with van der Waals surface area (Å²) in [5.41, 5.74) is 2.60. The minimum atomic E-state index is -4.11. The summed E-state index contributed by atoms with van der Waals surface area (Å²) in [4.78, 5) is 26.9. The summed E-state index contributed by atoms with van der Waals surface area (Å²) >= 11 is 5.95. The molecule has 0 aliphatic carbocycles. The van der Waals surface area contributed by atoms with Crippen LogP contribution in [0.15, 0.2) is 77.7 Å². The molecule has 0 saturated heterocycles. The van der Waals surface area contributed by atoms with E-state index >= 15 is 0 Å². The standard InChI is InChI=1S/C25H23ClN2O4S/c1-17(25(30)27-16-15-20-5-3-4-6-24(20)27)28(22-11-7-19(8-12-22)18(2)29)33(31,32)23-13-9-21(26)10-14-23/h3-14,17H,15-16H2,1-2H3/t17-/m0/s1. The van der Waals surface area contributed by atoms with Crippen LogP contribution in [0.5, 0.6) is 0 Å². The minimum Gasteiger partial charge on any atom is -0.310 e. The molecule has 1 aliphatic rings. The van der Waals surface area contributed by atoms with Gasteiger partial charge in [0.25, 0.3) is 15.9 Å². The number of hydrogen-bond acceptors (Lipinski definition) is 4. The predicted molar refractivity (Wildman–Crippen MR) is 130 cm³/mol. The lowest BCUT2D eigenvalue weighted by Gasteiger charge is -2.32. The largest absolute Gasteiger partial charge is 0.310 e. The number of benzene rings is 3. The number of halogens is 1. The zero-order valence-electron chi connectivity index (χ0n) is 18.2. The molecule has 1 heterocycles. The lowest BCUT2D eigenvalue weighted by atomic mass is 10.1. The van der Waals surface area contributed by atoms with Gasteiger partial charge in [0.05, 0.1) is 10.6 Å². The van der Waals surface area contributed by atoms with Crippen molar-refractivity contribution in [3.05, 3.63) is 88.9 Å². The molecule has 3 aromatic carbocycles. The summed E-state index contributed by atoms with van der Waals surface area (Å²) in [5.74, 6) is -0.459. The second-order valence-electron chi connectivity index (χ2n) is 7.90. The first-order valence-electron chi connectivity index (χ1n) is 10.5. The van der Waals surface area contributed by atoms with Crippen molar-refractivity contribution < 1.29 is 18.0 Å². The highest BCUT2D eigenvalue weighted by Crippen LogP contribution is 2.32. The SMILES string of the molecule is CC(=O)c1ccc(N([C@@H](C)C(=O)N2CCc3ccccc32)S(=O)(=O)c2ccc(Cl)cc2)cc1. The molecule has 6 nitrogen and oxygen atoms in total. The Labute approximate surface area is 198 Å². The molecular formula is C25H23ClN2O4S. The van der Waals surface area contributed by atoms with Crippen LogP contribution >= 0.6 is 11.6 Å². The third-order valence-electron chi connectivity index (χ3n) is 5.76. The number of carbonyl (C=O) groups is 2. The van der Waals surface area contributed by atoms with Crippen LogP contribution in [0.25, 0.3) is 0 Å². The molecule has 0 spiro atoms. The average molecular weight is 483 g/mol. The van der Waals surface area contributed by atoms with Crippen molar-refractivity contribution in [3.8, 4) is 0 Å². The van der Waals surface area contributed by atoms with E-state index in [4.69, 9.17) is 11.6 Å².